The predicted molar refractivity (Wildman–Crippen MR) is 109 cm³/mol. The molecule has 0 spiro atoms. The maximum absolute atomic E-state index is 12.4. The summed E-state index contributed by atoms with van der Waals surface area (Å²) in [6, 6.07) is 12.6. The Morgan fingerprint density at radius 3 is 2.38 bits per heavy atom. The van der Waals surface area contributed by atoms with Gasteiger partial charge in [-0.3, -0.25) is 9.69 Å². The van der Waals surface area contributed by atoms with Crippen molar-refractivity contribution >= 4 is 17.3 Å². The van der Waals surface area contributed by atoms with Crippen LogP contribution in [-0.2, 0) is 4.79 Å². The quantitative estimate of drug-likeness (QED) is 0.913. The molecule has 0 aromatic heterocycles. The molecule has 0 bridgehead atoms. The largest absolute Gasteiger partial charge is 0.369 e. The van der Waals surface area contributed by atoms with Crippen LogP contribution in [0.3, 0.4) is 0 Å². The molecule has 26 heavy (non-hydrogen) atoms. The third-order valence-corrected chi connectivity index (χ3v) is 5.31. The Morgan fingerprint density at radius 1 is 0.962 bits per heavy atom. The Balaban J connectivity index is 1.53. The molecule has 0 radical (unpaired) electrons. The highest BCUT2D eigenvalue weighted by Crippen LogP contribution is 2.24. The van der Waals surface area contributed by atoms with Crippen LogP contribution in [0.4, 0.5) is 11.4 Å². The molecule has 0 unspecified atom stereocenters. The molecule has 1 aliphatic rings. The molecular weight excluding hydrogens is 322 g/mol. The van der Waals surface area contributed by atoms with Crippen molar-refractivity contribution in [3.63, 3.8) is 0 Å². The van der Waals surface area contributed by atoms with Gasteiger partial charge in [-0.15, -0.1) is 0 Å². The molecule has 1 N–H and O–H groups in total. The van der Waals surface area contributed by atoms with Crippen LogP contribution >= 0.6 is 0 Å². The van der Waals surface area contributed by atoms with Crippen molar-refractivity contribution in [1.29, 1.82) is 0 Å². The number of piperazine rings is 1. The lowest BCUT2D eigenvalue weighted by Gasteiger charge is -2.36. The summed E-state index contributed by atoms with van der Waals surface area (Å²) in [4.78, 5) is 17.1. The first-order valence-electron chi connectivity index (χ1n) is 9.34. The summed E-state index contributed by atoms with van der Waals surface area (Å²) < 4.78 is 0. The summed E-state index contributed by atoms with van der Waals surface area (Å²) in [6.45, 7) is 12.6. The zero-order valence-corrected chi connectivity index (χ0v) is 16.3. The van der Waals surface area contributed by atoms with Crippen LogP contribution in [0.15, 0.2) is 36.4 Å². The Hall–Kier alpha value is -2.33. The number of rotatable bonds is 4. The van der Waals surface area contributed by atoms with E-state index >= 15 is 0 Å². The van der Waals surface area contributed by atoms with E-state index in [9.17, 15) is 4.79 Å². The van der Waals surface area contributed by atoms with Crippen LogP contribution in [0.2, 0.25) is 0 Å². The number of carbonyl (C=O) groups is 1. The van der Waals surface area contributed by atoms with Gasteiger partial charge in [0.2, 0.25) is 5.91 Å². The summed E-state index contributed by atoms with van der Waals surface area (Å²) in [6.07, 6.45) is 0. The Labute approximate surface area is 156 Å². The van der Waals surface area contributed by atoms with E-state index in [1.807, 2.05) is 19.1 Å². The van der Waals surface area contributed by atoms with Crippen LogP contribution in [0, 0.1) is 27.7 Å². The summed E-state index contributed by atoms with van der Waals surface area (Å²) >= 11 is 0. The molecular formula is C22H29N3O. The molecule has 0 aliphatic carbocycles. The average molecular weight is 351 g/mol. The van der Waals surface area contributed by atoms with Crippen molar-refractivity contribution in [3.05, 3.63) is 58.7 Å². The maximum Gasteiger partial charge on any atom is 0.238 e. The molecule has 1 heterocycles. The summed E-state index contributed by atoms with van der Waals surface area (Å²) in [7, 11) is 0. The topological polar surface area (TPSA) is 35.6 Å². The Bertz CT molecular complexity index is 792. The van der Waals surface area contributed by atoms with Gasteiger partial charge in [-0.1, -0.05) is 29.8 Å². The molecule has 0 saturated carbocycles. The van der Waals surface area contributed by atoms with E-state index < -0.39 is 0 Å². The van der Waals surface area contributed by atoms with Crippen molar-refractivity contribution in [2.75, 3.05) is 42.9 Å². The highest BCUT2D eigenvalue weighted by atomic mass is 16.2. The summed E-state index contributed by atoms with van der Waals surface area (Å²) in [5.41, 5.74) is 7.24. The molecule has 1 fully saturated rings. The lowest BCUT2D eigenvalue weighted by Crippen LogP contribution is -2.48. The van der Waals surface area contributed by atoms with Crippen molar-refractivity contribution < 1.29 is 4.79 Å². The van der Waals surface area contributed by atoms with Crippen LogP contribution in [0.1, 0.15) is 22.3 Å². The minimum Gasteiger partial charge on any atom is -0.369 e. The average Bonchev–Trinajstić information content (AvgIpc) is 2.61. The van der Waals surface area contributed by atoms with Gasteiger partial charge in [0.15, 0.2) is 0 Å². The second-order valence-electron chi connectivity index (χ2n) is 7.35. The van der Waals surface area contributed by atoms with Gasteiger partial charge in [0, 0.05) is 37.6 Å². The first kappa shape index (κ1) is 18.5. The van der Waals surface area contributed by atoms with Crippen LogP contribution in [-0.4, -0.2) is 43.5 Å². The van der Waals surface area contributed by atoms with E-state index in [0.29, 0.717) is 6.54 Å². The molecule has 138 valence electrons. The fourth-order valence-corrected chi connectivity index (χ4v) is 3.57. The molecule has 4 nitrogen and oxygen atoms in total. The predicted octanol–water partition coefficient (Wildman–Crippen LogP) is 3.68. The number of aryl methyl sites for hydroxylation is 3. The van der Waals surface area contributed by atoms with E-state index in [1.54, 1.807) is 0 Å². The van der Waals surface area contributed by atoms with Gasteiger partial charge in [-0.2, -0.15) is 0 Å². The number of nitrogens with one attached hydrogen (secondary N) is 1. The molecule has 1 aliphatic heterocycles. The zero-order valence-electron chi connectivity index (χ0n) is 16.3. The number of carbonyl (C=O) groups excluding carboxylic acids is 1. The van der Waals surface area contributed by atoms with Crippen molar-refractivity contribution in [3.8, 4) is 0 Å². The Kier molecular flexibility index (Phi) is 5.62. The molecule has 2 aromatic rings. The van der Waals surface area contributed by atoms with Gasteiger partial charge in [0.05, 0.1) is 6.54 Å². The molecule has 4 heteroatoms. The van der Waals surface area contributed by atoms with E-state index in [1.165, 1.54) is 22.4 Å². The van der Waals surface area contributed by atoms with E-state index in [2.05, 4.69) is 60.2 Å². The lowest BCUT2D eigenvalue weighted by atomic mass is 10.1. The van der Waals surface area contributed by atoms with Gasteiger partial charge in [0.1, 0.15) is 0 Å². The molecule has 0 atom stereocenters. The van der Waals surface area contributed by atoms with E-state index in [-0.39, 0.29) is 5.91 Å². The van der Waals surface area contributed by atoms with Crippen molar-refractivity contribution in [2.24, 2.45) is 0 Å². The van der Waals surface area contributed by atoms with Crippen molar-refractivity contribution in [2.45, 2.75) is 27.7 Å². The molecule has 3 rings (SSSR count). The van der Waals surface area contributed by atoms with Gasteiger partial charge in [-0.05, 0) is 56.5 Å². The maximum atomic E-state index is 12.4. The SMILES string of the molecule is Cc1ccc(NC(=O)CN2CCN(c3cccc(C)c3C)CC2)c(C)c1. The number of amides is 1. The first-order valence-corrected chi connectivity index (χ1v) is 9.34. The third kappa shape index (κ3) is 4.25. The zero-order chi connectivity index (χ0) is 18.7. The summed E-state index contributed by atoms with van der Waals surface area (Å²) in [5.74, 6) is 0.0668. The summed E-state index contributed by atoms with van der Waals surface area (Å²) in [5, 5.41) is 3.05. The number of hydrogen-bond acceptors (Lipinski definition) is 3. The molecule has 1 saturated heterocycles. The second-order valence-corrected chi connectivity index (χ2v) is 7.35. The standard InChI is InChI=1S/C22H29N3O/c1-16-8-9-20(18(3)14-16)23-22(26)15-24-10-12-25(13-11-24)21-7-5-6-17(2)19(21)4/h5-9,14H,10-13,15H2,1-4H3,(H,23,26). The van der Waals surface area contributed by atoms with E-state index in [0.717, 1.165) is 37.4 Å². The highest BCUT2D eigenvalue weighted by Gasteiger charge is 2.20. The van der Waals surface area contributed by atoms with Gasteiger partial charge in [0.25, 0.3) is 0 Å². The number of benzene rings is 2. The normalized spacial score (nSPS) is 15.2. The smallest absolute Gasteiger partial charge is 0.238 e. The van der Waals surface area contributed by atoms with Crippen molar-refractivity contribution in [1.82, 2.24) is 4.90 Å². The first-order chi connectivity index (χ1) is 12.4. The van der Waals surface area contributed by atoms with Gasteiger partial charge in [-0.25, -0.2) is 0 Å². The fourth-order valence-electron chi connectivity index (χ4n) is 3.57. The highest BCUT2D eigenvalue weighted by molar-refractivity contribution is 5.93. The molecule has 2 aromatic carbocycles. The minimum atomic E-state index is 0.0668. The van der Waals surface area contributed by atoms with E-state index in [4.69, 9.17) is 0 Å². The van der Waals surface area contributed by atoms with Gasteiger partial charge < -0.3 is 10.2 Å². The van der Waals surface area contributed by atoms with Crippen LogP contribution in [0.25, 0.3) is 0 Å². The van der Waals surface area contributed by atoms with Gasteiger partial charge >= 0.3 is 0 Å². The number of anilines is 2. The molecule has 1 amide bonds. The lowest BCUT2D eigenvalue weighted by molar-refractivity contribution is -0.117. The monoisotopic (exact) mass is 351 g/mol. The van der Waals surface area contributed by atoms with Crippen LogP contribution in [0.5, 0.6) is 0 Å². The van der Waals surface area contributed by atoms with Crippen LogP contribution < -0.4 is 10.2 Å². The fraction of sp³-hybridized carbons (Fsp3) is 0.409. The third-order valence-electron chi connectivity index (χ3n) is 5.31. The number of nitrogens with zero attached hydrogens (tertiary/aromatic N) is 2. The Morgan fingerprint density at radius 2 is 1.69 bits per heavy atom. The number of hydrogen-bond donors (Lipinski definition) is 1. The second kappa shape index (κ2) is 7.92. The minimum absolute atomic E-state index is 0.0668.